The minimum absolute atomic E-state index is 0.306. The van der Waals surface area contributed by atoms with Gasteiger partial charge in [0.1, 0.15) is 4.21 Å². The van der Waals surface area contributed by atoms with Gasteiger partial charge >= 0.3 is 0 Å². The fourth-order valence-electron chi connectivity index (χ4n) is 1.57. The van der Waals surface area contributed by atoms with Crippen LogP contribution in [-0.4, -0.2) is 15.0 Å². The molecule has 0 aliphatic carbocycles. The van der Waals surface area contributed by atoms with Crippen LogP contribution in [0.4, 0.5) is 5.69 Å². The fourth-order valence-corrected chi connectivity index (χ4v) is 4.08. The van der Waals surface area contributed by atoms with Crippen molar-refractivity contribution in [3.8, 4) is 0 Å². The third-order valence-electron chi connectivity index (χ3n) is 2.55. The molecular formula is C13H15ClN2O2S2. The average molecular weight is 331 g/mol. The van der Waals surface area contributed by atoms with E-state index in [0.717, 1.165) is 11.4 Å². The first-order valence-corrected chi connectivity index (χ1v) is 8.77. The van der Waals surface area contributed by atoms with E-state index in [9.17, 15) is 8.42 Å². The van der Waals surface area contributed by atoms with Gasteiger partial charge in [-0.25, -0.2) is 8.42 Å². The van der Waals surface area contributed by atoms with Crippen molar-refractivity contribution in [2.24, 2.45) is 0 Å². The lowest BCUT2D eigenvalue weighted by Gasteiger charge is -2.06. The number of nitrogens with one attached hydrogen (secondary N) is 2. The molecule has 2 aromatic rings. The molecule has 1 heterocycles. The quantitative estimate of drug-likeness (QED) is 0.854. The summed E-state index contributed by atoms with van der Waals surface area (Å²) < 4.78 is 27.3. The van der Waals surface area contributed by atoms with Crippen LogP contribution in [-0.2, 0) is 16.6 Å². The van der Waals surface area contributed by atoms with Gasteiger partial charge in [0.25, 0.3) is 10.0 Å². The van der Waals surface area contributed by atoms with Gasteiger partial charge in [-0.05, 0) is 42.9 Å². The van der Waals surface area contributed by atoms with E-state index in [1.807, 2.05) is 13.0 Å². The van der Waals surface area contributed by atoms with Crippen LogP contribution in [0.1, 0.15) is 11.8 Å². The molecule has 2 N–H and O–H groups in total. The van der Waals surface area contributed by atoms with E-state index in [1.165, 1.54) is 11.3 Å². The molecule has 108 valence electrons. The Morgan fingerprint density at radius 1 is 1.15 bits per heavy atom. The van der Waals surface area contributed by atoms with Gasteiger partial charge in [0.05, 0.1) is 0 Å². The summed E-state index contributed by atoms with van der Waals surface area (Å²) in [5, 5.41) is 3.73. The van der Waals surface area contributed by atoms with Gasteiger partial charge in [-0.15, -0.1) is 11.3 Å². The van der Waals surface area contributed by atoms with Gasteiger partial charge < -0.3 is 5.32 Å². The predicted octanol–water partition coefficient (Wildman–Crippen LogP) is 3.31. The van der Waals surface area contributed by atoms with E-state index in [0.29, 0.717) is 21.5 Å². The van der Waals surface area contributed by atoms with Crippen LogP contribution in [0.2, 0.25) is 5.02 Å². The molecular weight excluding hydrogens is 316 g/mol. The molecule has 1 aromatic heterocycles. The first-order valence-electron chi connectivity index (χ1n) is 6.09. The van der Waals surface area contributed by atoms with Crippen LogP contribution < -0.4 is 10.0 Å². The molecule has 20 heavy (non-hydrogen) atoms. The molecule has 0 fully saturated rings. The number of hydrogen-bond donors (Lipinski definition) is 2. The van der Waals surface area contributed by atoms with Crippen molar-refractivity contribution in [3.63, 3.8) is 0 Å². The fraction of sp³-hybridized carbons (Fsp3) is 0.231. The Balaban J connectivity index is 2.13. The third-order valence-corrected chi connectivity index (χ3v) is 5.76. The van der Waals surface area contributed by atoms with Crippen LogP contribution in [0.5, 0.6) is 0 Å². The molecule has 0 saturated heterocycles. The van der Waals surface area contributed by atoms with Crippen molar-refractivity contribution in [3.05, 3.63) is 46.3 Å². The number of anilines is 1. The summed E-state index contributed by atoms with van der Waals surface area (Å²) in [5.74, 6) is 0. The van der Waals surface area contributed by atoms with Gasteiger partial charge in [-0.2, -0.15) is 0 Å². The van der Waals surface area contributed by atoms with Gasteiger partial charge in [0, 0.05) is 22.1 Å². The highest BCUT2D eigenvalue weighted by Crippen LogP contribution is 2.24. The number of rotatable bonds is 6. The highest BCUT2D eigenvalue weighted by atomic mass is 35.5. The van der Waals surface area contributed by atoms with Gasteiger partial charge in [0.15, 0.2) is 0 Å². The first-order chi connectivity index (χ1) is 9.51. The second kappa shape index (κ2) is 6.58. The Kier molecular flexibility index (Phi) is 5.04. The van der Waals surface area contributed by atoms with E-state index in [4.69, 9.17) is 11.6 Å². The maximum atomic E-state index is 12.2. The Morgan fingerprint density at radius 3 is 2.50 bits per heavy atom. The summed E-state index contributed by atoms with van der Waals surface area (Å²) in [4.78, 5) is 0.989. The van der Waals surface area contributed by atoms with Crippen molar-refractivity contribution in [2.45, 2.75) is 17.7 Å². The van der Waals surface area contributed by atoms with Crippen molar-refractivity contribution < 1.29 is 8.42 Å². The molecule has 0 radical (unpaired) electrons. The summed E-state index contributed by atoms with van der Waals surface area (Å²) in [6.45, 7) is 3.54. The standard InChI is InChI=1S/C13H15ClN2O2S2/c1-2-15-9-12-7-8-13(19-12)20(17,18)16-11-5-3-10(14)4-6-11/h3-8,15-16H,2,9H2,1H3. The van der Waals surface area contributed by atoms with E-state index in [-0.39, 0.29) is 0 Å². The zero-order chi connectivity index (χ0) is 14.6. The van der Waals surface area contributed by atoms with E-state index in [1.54, 1.807) is 30.3 Å². The number of thiophene rings is 1. The maximum absolute atomic E-state index is 12.2. The largest absolute Gasteiger partial charge is 0.312 e. The van der Waals surface area contributed by atoms with Crippen LogP contribution in [0.15, 0.2) is 40.6 Å². The Hall–Kier alpha value is -1.08. The van der Waals surface area contributed by atoms with Gasteiger partial charge in [-0.1, -0.05) is 18.5 Å². The summed E-state index contributed by atoms with van der Waals surface area (Å²) in [6, 6.07) is 9.99. The lowest BCUT2D eigenvalue weighted by atomic mass is 10.3. The molecule has 0 aliphatic rings. The van der Waals surface area contributed by atoms with E-state index < -0.39 is 10.0 Å². The van der Waals surface area contributed by atoms with Crippen molar-refractivity contribution in [1.29, 1.82) is 0 Å². The zero-order valence-electron chi connectivity index (χ0n) is 10.9. The summed E-state index contributed by atoms with van der Waals surface area (Å²) in [5.41, 5.74) is 0.496. The van der Waals surface area contributed by atoms with Gasteiger partial charge in [0.2, 0.25) is 0 Å². The number of sulfonamides is 1. The molecule has 0 unspecified atom stereocenters. The minimum atomic E-state index is -3.53. The third kappa shape index (κ3) is 3.96. The van der Waals surface area contributed by atoms with Gasteiger partial charge in [-0.3, -0.25) is 4.72 Å². The molecule has 0 spiro atoms. The normalized spacial score (nSPS) is 11.5. The topological polar surface area (TPSA) is 58.2 Å². The van der Waals surface area contributed by atoms with E-state index in [2.05, 4.69) is 10.0 Å². The molecule has 0 atom stereocenters. The lowest BCUT2D eigenvalue weighted by molar-refractivity contribution is 0.603. The van der Waals surface area contributed by atoms with Crippen LogP contribution in [0.3, 0.4) is 0 Å². The second-order valence-corrected chi connectivity index (χ2v) is 7.63. The predicted molar refractivity (Wildman–Crippen MR) is 84.0 cm³/mol. The SMILES string of the molecule is CCNCc1ccc(S(=O)(=O)Nc2ccc(Cl)cc2)s1. The Morgan fingerprint density at radius 2 is 1.85 bits per heavy atom. The highest BCUT2D eigenvalue weighted by Gasteiger charge is 2.16. The van der Waals surface area contributed by atoms with E-state index >= 15 is 0 Å². The molecule has 4 nitrogen and oxygen atoms in total. The highest BCUT2D eigenvalue weighted by molar-refractivity contribution is 7.94. The van der Waals surface area contributed by atoms with Crippen molar-refractivity contribution in [2.75, 3.05) is 11.3 Å². The van der Waals surface area contributed by atoms with Crippen LogP contribution in [0.25, 0.3) is 0 Å². The smallest absolute Gasteiger partial charge is 0.271 e. The molecule has 0 saturated carbocycles. The monoisotopic (exact) mass is 330 g/mol. The second-order valence-electron chi connectivity index (χ2n) is 4.11. The Bertz CT molecular complexity index is 666. The number of hydrogen-bond acceptors (Lipinski definition) is 4. The summed E-state index contributed by atoms with van der Waals surface area (Å²) in [7, 11) is -3.53. The molecule has 0 amide bonds. The minimum Gasteiger partial charge on any atom is -0.312 e. The number of halogens is 1. The number of benzene rings is 1. The Labute approximate surface area is 127 Å². The van der Waals surface area contributed by atoms with Crippen LogP contribution in [0, 0.1) is 0 Å². The van der Waals surface area contributed by atoms with Crippen molar-refractivity contribution >= 4 is 38.6 Å². The van der Waals surface area contributed by atoms with Crippen molar-refractivity contribution in [1.82, 2.24) is 5.32 Å². The molecule has 0 aliphatic heterocycles. The molecule has 1 aromatic carbocycles. The lowest BCUT2D eigenvalue weighted by Crippen LogP contribution is -2.11. The maximum Gasteiger partial charge on any atom is 0.271 e. The molecule has 7 heteroatoms. The van der Waals surface area contributed by atoms with Crippen LogP contribution >= 0.6 is 22.9 Å². The summed E-state index contributed by atoms with van der Waals surface area (Å²) in [6.07, 6.45) is 0. The average Bonchev–Trinajstić information content (AvgIpc) is 2.88. The summed E-state index contributed by atoms with van der Waals surface area (Å²) >= 11 is 7.03. The molecule has 0 bridgehead atoms. The molecule has 2 rings (SSSR count). The first kappa shape index (κ1) is 15.3. The zero-order valence-corrected chi connectivity index (χ0v) is 13.3.